The molecule has 3 heterocycles. The van der Waals surface area contributed by atoms with Crippen LogP contribution in [-0.4, -0.2) is 50.6 Å². The van der Waals surface area contributed by atoms with E-state index in [1.165, 1.54) is 25.0 Å². The molecule has 6 rings (SSSR count). The second-order valence-electron chi connectivity index (χ2n) is 10.0. The van der Waals surface area contributed by atoms with Crippen LogP contribution in [0.15, 0.2) is 24.4 Å². The maximum absolute atomic E-state index is 15.5. The van der Waals surface area contributed by atoms with Crippen LogP contribution in [0.25, 0.3) is 21.8 Å². The molecule has 0 radical (unpaired) electrons. The number of piperidine rings is 1. The molecule has 2 aromatic carbocycles. The van der Waals surface area contributed by atoms with E-state index >= 15 is 4.39 Å². The van der Waals surface area contributed by atoms with E-state index in [2.05, 4.69) is 25.7 Å². The van der Waals surface area contributed by atoms with E-state index in [1.54, 1.807) is 29.5 Å². The molecule has 2 N–H and O–H groups in total. The molecule has 188 valence electrons. The van der Waals surface area contributed by atoms with Crippen molar-refractivity contribution in [2.24, 2.45) is 14.1 Å². The lowest BCUT2D eigenvalue weighted by atomic mass is 10.0. The minimum Gasteiger partial charge on any atom is -0.371 e. The summed E-state index contributed by atoms with van der Waals surface area (Å²) >= 11 is 0. The van der Waals surface area contributed by atoms with Gasteiger partial charge in [0.15, 0.2) is 5.82 Å². The highest BCUT2D eigenvalue weighted by Gasteiger charge is 2.29. The van der Waals surface area contributed by atoms with E-state index in [1.807, 2.05) is 13.1 Å². The molecule has 1 saturated carbocycles. The van der Waals surface area contributed by atoms with Gasteiger partial charge in [-0.2, -0.15) is 10.2 Å². The van der Waals surface area contributed by atoms with E-state index in [0.717, 1.165) is 42.7 Å². The van der Waals surface area contributed by atoms with Gasteiger partial charge in [-0.1, -0.05) is 0 Å². The summed E-state index contributed by atoms with van der Waals surface area (Å²) in [5.41, 5.74) is 2.12. The average molecular weight is 494 g/mol. The number of hydrogen-bond acceptors (Lipinski definition) is 5. The molecule has 1 amide bonds. The first-order valence-corrected chi connectivity index (χ1v) is 12.4. The zero-order chi connectivity index (χ0) is 25.1. The normalized spacial score (nSPS) is 16.9. The van der Waals surface area contributed by atoms with Crippen molar-refractivity contribution < 1.29 is 13.6 Å². The first kappa shape index (κ1) is 22.9. The van der Waals surface area contributed by atoms with Crippen LogP contribution < -0.4 is 15.5 Å². The Bertz CT molecular complexity index is 1500. The van der Waals surface area contributed by atoms with Gasteiger partial charge in [0.25, 0.3) is 5.91 Å². The summed E-state index contributed by atoms with van der Waals surface area (Å²) in [6.45, 7) is 3.44. The standard InChI is InChI=1S/C26H29F2N7O/c1-14-18-10-17(11-21(28)24(18)32-34(14)3)30-26(36)23-20(27)12-22(19-13-33(2)31-25(19)23)35-8-6-16(7-9-35)29-15-4-5-15/h10-13,15-16,29H,4-9H2,1-3H3,(H,30,36). The summed E-state index contributed by atoms with van der Waals surface area (Å²) in [5.74, 6) is -1.87. The fourth-order valence-electron chi connectivity index (χ4n) is 5.23. The van der Waals surface area contributed by atoms with Gasteiger partial charge in [0.2, 0.25) is 0 Å². The summed E-state index contributed by atoms with van der Waals surface area (Å²) in [6.07, 6.45) is 6.31. The third-order valence-electron chi connectivity index (χ3n) is 7.40. The van der Waals surface area contributed by atoms with E-state index < -0.39 is 17.5 Å². The number of amides is 1. The third-order valence-corrected chi connectivity index (χ3v) is 7.40. The van der Waals surface area contributed by atoms with E-state index in [0.29, 0.717) is 23.0 Å². The predicted molar refractivity (Wildman–Crippen MR) is 135 cm³/mol. The number of fused-ring (bicyclic) bond motifs is 2. The van der Waals surface area contributed by atoms with Gasteiger partial charge in [0, 0.05) is 67.6 Å². The summed E-state index contributed by atoms with van der Waals surface area (Å²) in [4.78, 5) is 15.4. The third kappa shape index (κ3) is 3.99. The second-order valence-corrected chi connectivity index (χ2v) is 10.0. The minimum absolute atomic E-state index is 0.150. The van der Waals surface area contributed by atoms with Gasteiger partial charge in [0.1, 0.15) is 22.4 Å². The Labute approximate surface area is 207 Å². The van der Waals surface area contributed by atoms with E-state index in [4.69, 9.17) is 0 Å². The molecule has 2 fully saturated rings. The van der Waals surface area contributed by atoms with Crippen molar-refractivity contribution in [3.63, 3.8) is 0 Å². The summed E-state index contributed by atoms with van der Waals surface area (Å²) in [5, 5.41) is 16.3. The Hall–Kier alpha value is -3.53. The summed E-state index contributed by atoms with van der Waals surface area (Å²) in [7, 11) is 3.48. The number of aryl methyl sites for hydroxylation is 3. The van der Waals surface area contributed by atoms with Crippen LogP contribution in [0.1, 0.15) is 41.7 Å². The smallest absolute Gasteiger partial charge is 0.260 e. The number of nitrogens with zero attached hydrogens (tertiary/aromatic N) is 5. The predicted octanol–water partition coefficient (Wildman–Crippen LogP) is 4.02. The van der Waals surface area contributed by atoms with Crippen molar-refractivity contribution in [2.45, 2.75) is 44.7 Å². The Morgan fingerprint density at radius 1 is 0.944 bits per heavy atom. The van der Waals surface area contributed by atoms with Gasteiger partial charge in [0.05, 0.1) is 5.69 Å². The highest BCUT2D eigenvalue weighted by Crippen LogP contribution is 2.34. The van der Waals surface area contributed by atoms with Gasteiger partial charge >= 0.3 is 0 Å². The quantitative estimate of drug-likeness (QED) is 0.439. The molecule has 0 bridgehead atoms. The number of aromatic nitrogens is 4. The maximum Gasteiger partial charge on any atom is 0.260 e. The topological polar surface area (TPSA) is 80.0 Å². The Morgan fingerprint density at radius 2 is 1.67 bits per heavy atom. The fraction of sp³-hybridized carbons (Fsp3) is 0.423. The number of carbonyl (C=O) groups excluding carboxylic acids is 1. The van der Waals surface area contributed by atoms with Crippen molar-refractivity contribution >= 4 is 39.1 Å². The van der Waals surface area contributed by atoms with E-state index in [9.17, 15) is 9.18 Å². The fourth-order valence-corrected chi connectivity index (χ4v) is 5.23. The summed E-state index contributed by atoms with van der Waals surface area (Å²) in [6, 6.07) is 5.45. The number of halogens is 2. The first-order chi connectivity index (χ1) is 17.3. The van der Waals surface area contributed by atoms with Gasteiger partial charge in [-0.05, 0) is 50.8 Å². The molecule has 2 aliphatic rings. The molecular formula is C26H29F2N7O. The van der Waals surface area contributed by atoms with Crippen LogP contribution in [0, 0.1) is 18.6 Å². The van der Waals surface area contributed by atoms with Crippen molar-refractivity contribution in [1.82, 2.24) is 24.9 Å². The maximum atomic E-state index is 15.5. The van der Waals surface area contributed by atoms with Gasteiger partial charge in [-0.25, -0.2) is 8.78 Å². The van der Waals surface area contributed by atoms with Crippen LogP contribution >= 0.6 is 0 Å². The van der Waals surface area contributed by atoms with Gasteiger partial charge in [-0.3, -0.25) is 14.2 Å². The largest absolute Gasteiger partial charge is 0.371 e. The molecular weight excluding hydrogens is 464 g/mol. The molecule has 36 heavy (non-hydrogen) atoms. The van der Waals surface area contributed by atoms with Gasteiger partial charge in [-0.15, -0.1) is 0 Å². The highest BCUT2D eigenvalue weighted by atomic mass is 19.1. The van der Waals surface area contributed by atoms with Crippen molar-refractivity contribution in [2.75, 3.05) is 23.3 Å². The first-order valence-electron chi connectivity index (χ1n) is 12.4. The van der Waals surface area contributed by atoms with Crippen molar-refractivity contribution in [1.29, 1.82) is 0 Å². The molecule has 1 aliphatic heterocycles. The highest BCUT2D eigenvalue weighted by molar-refractivity contribution is 6.14. The number of anilines is 2. The lowest BCUT2D eigenvalue weighted by molar-refractivity contribution is 0.102. The zero-order valence-electron chi connectivity index (χ0n) is 20.6. The SMILES string of the molecule is Cc1c2cc(NC(=O)c3c(F)cc(N4CCC(NC5CC5)CC4)c4cn(C)nc34)cc(F)c2nn1C. The molecule has 10 heteroatoms. The number of hydrogen-bond donors (Lipinski definition) is 2. The molecule has 8 nitrogen and oxygen atoms in total. The molecule has 2 aromatic heterocycles. The molecule has 0 unspecified atom stereocenters. The number of rotatable bonds is 5. The monoisotopic (exact) mass is 493 g/mol. The molecule has 1 saturated heterocycles. The zero-order valence-corrected chi connectivity index (χ0v) is 20.6. The lowest BCUT2D eigenvalue weighted by Crippen LogP contribution is -2.43. The average Bonchev–Trinajstić information content (AvgIpc) is 3.50. The molecule has 1 aliphatic carbocycles. The van der Waals surface area contributed by atoms with Crippen LogP contribution in [0.3, 0.4) is 0 Å². The number of nitrogens with one attached hydrogen (secondary N) is 2. The van der Waals surface area contributed by atoms with E-state index in [-0.39, 0.29) is 16.8 Å². The van der Waals surface area contributed by atoms with Crippen LogP contribution in [-0.2, 0) is 14.1 Å². The van der Waals surface area contributed by atoms with Crippen LogP contribution in [0.5, 0.6) is 0 Å². The van der Waals surface area contributed by atoms with Crippen LogP contribution in [0.2, 0.25) is 0 Å². The Morgan fingerprint density at radius 3 is 2.39 bits per heavy atom. The number of benzene rings is 2. The summed E-state index contributed by atoms with van der Waals surface area (Å²) < 4.78 is 33.4. The second kappa shape index (κ2) is 8.55. The minimum atomic E-state index is -0.671. The Kier molecular flexibility index (Phi) is 5.44. The molecule has 0 spiro atoms. The number of carbonyl (C=O) groups is 1. The van der Waals surface area contributed by atoms with Gasteiger partial charge < -0.3 is 15.5 Å². The Balaban J connectivity index is 1.31. The molecule has 4 aromatic rings. The van der Waals surface area contributed by atoms with Crippen LogP contribution in [0.4, 0.5) is 20.2 Å². The lowest BCUT2D eigenvalue weighted by Gasteiger charge is -2.34. The van der Waals surface area contributed by atoms with Crippen molar-refractivity contribution in [3.8, 4) is 0 Å². The molecule has 0 atom stereocenters. The van der Waals surface area contributed by atoms with Crippen molar-refractivity contribution in [3.05, 3.63) is 47.3 Å².